The first-order valence-corrected chi connectivity index (χ1v) is 8.39. The summed E-state index contributed by atoms with van der Waals surface area (Å²) in [6, 6.07) is 6.29. The number of piperazine rings is 1. The average Bonchev–Trinajstić information content (AvgIpc) is 2.55. The molecule has 1 N–H and O–H groups in total. The van der Waals surface area contributed by atoms with Crippen LogP contribution in [-0.4, -0.2) is 59.0 Å². The van der Waals surface area contributed by atoms with Gasteiger partial charge in [0.15, 0.2) is 6.10 Å². The van der Waals surface area contributed by atoms with Crippen molar-refractivity contribution >= 4 is 11.8 Å². The first kappa shape index (κ1) is 18.1. The van der Waals surface area contributed by atoms with Gasteiger partial charge in [0.2, 0.25) is 5.91 Å². The molecule has 6 nitrogen and oxygen atoms in total. The van der Waals surface area contributed by atoms with Crippen LogP contribution in [0.1, 0.15) is 27.2 Å². The molecule has 6 heteroatoms. The molecular formula is C18H26N2O4. The van der Waals surface area contributed by atoms with Gasteiger partial charge in [0.1, 0.15) is 11.5 Å². The highest BCUT2D eigenvalue weighted by molar-refractivity contribution is 5.81. The second-order valence-corrected chi connectivity index (χ2v) is 6.56. The highest BCUT2D eigenvalue weighted by Gasteiger charge is 2.27. The standard InChI is InChI=1S/C18H26N2O4/c1-13(2)12-17(22)19-8-10-20(11-9-19)18(23)14(3)24-16-6-4-15(21)5-7-16/h4-7,13-14,21H,8-12H2,1-3H3. The third kappa shape index (κ3) is 4.88. The van der Waals surface area contributed by atoms with Gasteiger partial charge >= 0.3 is 0 Å². The van der Waals surface area contributed by atoms with Crippen molar-refractivity contribution in [3.63, 3.8) is 0 Å². The van der Waals surface area contributed by atoms with Crippen molar-refractivity contribution in [1.29, 1.82) is 0 Å². The van der Waals surface area contributed by atoms with Gasteiger partial charge in [0.25, 0.3) is 5.91 Å². The van der Waals surface area contributed by atoms with Crippen molar-refractivity contribution in [2.75, 3.05) is 26.2 Å². The number of carbonyl (C=O) groups is 2. The van der Waals surface area contributed by atoms with Crippen LogP contribution >= 0.6 is 0 Å². The highest BCUT2D eigenvalue weighted by Crippen LogP contribution is 2.18. The number of nitrogens with zero attached hydrogens (tertiary/aromatic N) is 2. The third-order valence-corrected chi connectivity index (χ3v) is 4.02. The van der Waals surface area contributed by atoms with Crippen molar-refractivity contribution < 1.29 is 19.4 Å². The van der Waals surface area contributed by atoms with Crippen LogP contribution in [0.4, 0.5) is 0 Å². The zero-order chi connectivity index (χ0) is 17.7. The molecule has 0 radical (unpaired) electrons. The minimum Gasteiger partial charge on any atom is -0.508 e. The van der Waals surface area contributed by atoms with E-state index >= 15 is 0 Å². The number of benzene rings is 1. The molecule has 1 fully saturated rings. The molecule has 1 atom stereocenters. The van der Waals surface area contributed by atoms with Crippen LogP contribution in [0.5, 0.6) is 11.5 Å². The van der Waals surface area contributed by atoms with Crippen LogP contribution in [0.3, 0.4) is 0 Å². The zero-order valence-corrected chi connectivity index (χ0v) is 14.6. The Morgan fingerprint density at radius 2 is 1.58 bits per heavy atom. The van der Waals surface area contributed by atoms with Gasteiger partial charge < -0.3 is 19.6 Å². The molecule has 2 rings (SSSR count). The quantitative estimate of drug-likeness (QED) is 0.892. The summed E-state index contributed by atoms with van der Waals surface area (Å²) in [6.07, 6.45) is -0.0543. The second-order valence-electron chi connectivity index (χ2n) is 6.56. The summed E-state index contributed by atoms with van der Waals surface area (Å²) in [4.78, 5) is 28.1. The topological polar surface area (TPSA) is 70.1 Å². The van der Waals surface area contributed by atoms with E-state index in [-0.39, 0.29) is 17.6 Å². The number of hydrogen-bond donors (Lipinski definition) is 1. The Bertz CT molecular complexity index is 563. The van der Waals surface area contributed by atoms with E-state index in [1.165, 1.54) is 12.1 Å². The van der Waals surface area contributed by atoms with E-state index in [1.807, 2.05) is 18.7 Å². The van der Waals surface area contributed by atoms with Crippen LogP contribution in [0.15, 0.2) is 24.3 Å². The molecular weight excluding hydrogens is 308 g/mol. The fourth-order valence-electron chi connectivity index (χ4n) is 2.69. The fraction of sp³-hybridized carbons (Fsp3) is 0.556. The van der Waals surface area contributed by atoms with Gasteiger partial charge in [-0.2, -0.15) is 0 Å². The monoisotopic (exact) mass is 334 g/mol. The number of phenolic OH excluding ortho intramolecular Hbond substituents is 1. The Balaban J connectivity index is 1.83. The van der Waals surface area contributed by atoms with Crippen molar-refractivity contribution in [2.24, 2.45) is 5.92 Å². The molecule has 2 amide bonds. The fourth-order valence-corrected chi connectivity index (χ4v) is 2.69. The molecule has 0 aliphatic carbocycles. The molecule has 1 aromatic carbocycles. The maximum absolute atomic E-state index is 12.5. The summed E-state index contributed by atoms with van der Waals surface area (Å²) in [5.74, 6) is 1.11. The van der Waals surface area contributed by atoms with Crippen LogP contribution in [0.2, 0.25) is 0 Å². The second kappa shape index (κ2) is 8.04. The van der Waals surface area contributed by atoms with Crippen LogP contribution in [0, 0.1) is 5.92 Å². The smallest absolute Gasteiger partial charge is 0.263 e. The Labute approximate surface area is 143 Å². The van der Waals surface area contributed by atoms with E-state index in [0.29, 0.717) is 44.3 Å². The number of phenols is 1. The predicted octanol–water partition coefficient (Wildman–Crippen LogP) is 1.88. The Morgan fingerprint density at radius 1 is 1.04 bits per heavy atom. The lowest BCUT2D eigenvalue weighted by Crippen LogP contribution is -2.53. The first-order valence-electron chi connectivity index (χ1n) is 8.39. The number of carbonyl (C=O) groups excluding carboxylic acids is 2. The van der Waals surface area contributed by atoms with Gasteiger partial charge in [0, 0.05) is 32.6 Å². The summed E-state index contributed by atoms with van der Waals surface area (Å²) in [5, 5.41) is 9.27. The van der Waals surface area contributed by atoms with E-state index in [1.54, 1.807) is 24.0 Å². The Hall–Kier alpha value is -2.24. The number of rotatable bonds is 5. The van der Waals surface area contributed by atoms with Crippen LogP contribution < -0.4 is 4.74 Å². The maximum atomic E-state index is 12.5. The number of aromatic hydroxyl groups is 1. The summed E-state index contributed by atoms with van der Waals surface area (Å²) < 4.78 is 5.63. The summed E-state index contributed by atoms with van der Waals surface area (Å²) in [6.45, 7) is 7.98. The molecule has 1 aromatic rings. The van der Waals surface area contributed by atoms with Crippen molar-refractivity contribution in [1.82, 2.24) is 9.80 Å². The molecule has 1 aliphatic rings. The molecule has 0 saturated carbocycles. The molecule has 1 aliphatic heterocycles. The predicted molar refractivity (Wildman–Crippen MR) is 90.8 cm³/mol. The van der Waals surface area contributed by atoms with E-state index in [4.69, 9.17) is 4.74 Å². The number of ether oxygens (including phenoxy) is 1. The van der Waals surface area contributed by atoms with Gasteiger partial charge in [-0.25, -0.2) is 0 Å². The first-order chi connectivity index (χ1) is 11.4. The summed E-state index contributed by atoms with van der Waals surface area (Å²) in [7, 11) is 0. The van der Waals surface area contributed by atoms with Crippen LogP contribution in [-0.2, 0) is 9.59 Å². The number of amides is 2. The lowest BCUT2D eigenvalue weighted by Gasteiger charge is -2.36. The van der Waals surface area contributed by atoms with Gasteiger partial charge in [-0.1, -0.05) is 13.8 Å². The maximum Gasteiger partial charge on any atom is 0.263 e. The molecule has 0 aromatic heterocycles. The van der Waals surface area contributed by atoms with E-state index < -0.39 is 6.10 Å². The molecule has 0 spiro atoms. The Kier molecular flexibility index (Phi) is 6.06. The molecule has 1 saturated heterocycles. The molecule has 1 heterocycles. The lowest BCUT2D eigenvalue weighted by atomic mass is 10.1. The van der Waals surface area contributed by atoms with Gasteiger partial charge in [-0.05, 0) is 37.1 Å². The highest BCUT2D eigenvalue weighted by atomic mass is 16.5. The van der Waals surface area contributed by atoms with Crippen molar-refractivity contribution in [2.45, 2.75) is 33.3 Å². The van der Waals surface area contributed by atoms with E-state index in [2.05, 4.69) is 0 Å². The van der Waals surface area contributed by atoms with Gasteiger partial charge in [0.05, 0.1) is 0 Å². The van der Waals surface area contributed by atoms with Crippen LogP contribution in [0.25, 0.3) is 0 Å². The third-order valence-electron chi connectivity index (χ3n) is 4.02. The molecule has 1 unspecified atom stereocenters. The SMILES string of the molecule is CC(C)CC(=O)N1CCN(C(=O)C(C)Oc2ccc(O)cc2)CC1. The van der Waals surface area contributed by atoms with Crippen molar-refractivity contribution in [3.8, 4) is 11.5 Å². The zero-order valence-electron chi connectivity index (χ0n) is 14.6. The lowest BCUT2D eigenvalue weighted by molar-refractivity contribution is -0.144. The van der Waals surface area contributed by atoms with E-state index in [9.17, 15) is 14.7 Å². The summed E-state index contributed by atoms with van der Waals surface area (Å²) in [5.41, 5.74) is 0. The normalized spacial score (nSPS) is 16.2. The number of hydrogen-bond acceptors (Lipinski definition) is 4. The molecule has 132 valence electrons. The minimum absolute atomic E-state index is 0.0842. The van der Waals surface area contributed by atoms with E-state index in [0.717, 1.165) is 0 Å². The van der Waals surface area contributed by atoms with Crippen molar-refractivity contribution in [3.05, 3.63) is 24.3 Å². The summed E-state index contributed by atoms with van der Waals surface area (Å²) >= 11 is 0. The minimum atomic E-state index is -0.604. The molecule has 0 bridgehead atoms. The average molecular weight is 334 g/mol. The molecule has 24 heavy (non-hydrogen) atoms. The Morgan fingerprint density at radius 3 is 2.12 bits per heavy atom. The largest absolute Gasteiger partial charge is 0.508 e. The van der Waals surface area contributed by atoms with Gasteiger partial charge in [-0.3, -0.25) is 9.59 Å². The van der Waals surface area contributed by atoms with Gasteiger partial charge in [-0.15, -0.1) is 0 Å².